The Morgan fingerprint density at radius 1 is 0.909 bits per heavy atom. The van der Waals surface area contributed by atoms with E-state index in [1.54, 1.807) is 0 Å². The van der Waals surface area contributed by atoms with Crippen LogP contribution in [0.3, 0.4) is 0 Å². The van der Waals surface area contributed by atoms with E-state index in [1.165, 1.54) is 6.42 Å². The van der Waals surface area contributed by atoms with E-state index in [9.17, 15) is 0 Å². The Labute approximate surface area is 134 Å². The van der Waals surface area contributed by atoms with Crippen LogP contribution >= 0.6 is 0 Å². The summed E-state index contributed by atoms with van der Waals surface area (Å²) in [5.41, 5.74) is 0. The summed E-state index contributed by atoms with van der Waals surface area (Å²) in [6.07, 6.45) is 5.02. The molecule has 128 valence electrons. The molecule has 2 unspecified atom stereocenters. The predicted molar refractivity (Wildman–Crippen MR) is 84.4 cm³/mol. The second-order valence-electron chi connectivity index (χ2n) is 8.15. The van der Waals surface area contributed by atoms with Gasteiger partial charge in [-0.3, -0.25) is 0 Å². The van der Waals surface area contributed by atoms with Crippen LogP contribution in [0.4, 0.5) is 0 Å². The SMILES string of the molecule is CC(C)CCC1COC2(CCC3(C2)OCC(C(C)C)CO3)O1. The molecule has 3 rings (SSSR count). The fourth-order valence-corrected chi connectivity index (χ4v) is 3.71. The van der Waals surface area contributed by atoms with Gasteiger partial charge >= 0.3 is 0 Å². The van der Waals surface area contributed by atoms with Gasteiger partial charge in [-0.2, -0.15) is 0 Å². The Morgan fingerprint density at radius 2 is 1.55 bits per heavy atom. The summed E-state index contributed by atoms with van der Waals surface area (Å²) in [6.45, 7) is 11.3. The Morgan fingerprint density at radius 3 is 2.18 bits per heavy atom. The highest BCUT2D eigenvalue weighted by molar-refractivity contribution is 4.95. The van der Waals surface area contributed by atoms with E-state index < -0.39 is 11.6 Å². The van der Waals surface area contributed by atoms with Crippen LogP contribution in [0.25, 0.3) is 0 Å². The lowest BCUT2D eigenvalue weighted by molar-refractivity contribution is -0.298. The minimum absolute atomic E-state index is 0.240. The third-order valence-electron chi connectivity index (χ3n) is 5.47. The molecule has 0 bridgehead atoms. The molecule has 0 amide bonds. The van der Waals surface area contributed by atoms with E-state index in [1.807, 2.05) is 0 Å². The molecule has 4 heteroatoms. The molecule has 0 N–H and O–H groups in total. The van der Waals surface area contributed by atoms with Crippen LogP contribution in [-0.2, 0) is 18.9 Å². The van der Waals surface area contributed by atoms with Crippen LogP contribution in [-0.4, -0.2) is 37.5 Å². The van der Waals surface area contributed by atoms with Gasteiger partial charge in [0.1, 0.15) is 0 Å². The van der Waals surface area contributed by atoms with Gasteiger partial charge in [0.15, 0.2) is 11.6 Å². The van der Waals surface area contributed by atoms with E-state index in [2.05, 4.69) is 27.7 Å². The molecule has 2 aliphatic heterocycles. The van der Waals surface area contributed by atoms with Crippen molar-refractivity contribution in [1.82, 2.24) is 0 Å². The van der Waals surface area contributed by atoms with Gasteiger partial charge in [0.2, 0.25) is 0 Å². The van der Waals surface area contributed by atoms with Crippen LogP contribution in [0.5, 0.6) is 0 Å². The normalized spacial score (nSPS) is 42.3. The first-order valence-electron chi connectivity index (χ1n) is 9.02. The highest BCUT2D eigenvalue weighted by Gasteiger charge is 2.56. The zero-order valence-electron chi connectivity index (χ0n) is 14.6. The number of ether oxygens (including phenoxy) is 4. The van der Waals surface area contributed by atoms with Gasteiger partial charge in [-0.15, -0.1) is 0 Å². The van der Waals surface area contributed by atoms with Crippen molar-refractivity contribution in [3.63, 3.8) is 0 Å². The van der Waals surface area contributed by atoms with Gasteiger partial charge in [-0.1, -0.05) is 27.7 Å². The quantitative estimate of drug-likeness (QED) is 0.792. The predicted octanol–water partition coefficient (Wildman–Crippen LogP) is 3.73. The Bertz CT molecular complexity index is 373. The smallest absolute Gasteiger partial charge is 0.174 e. The summed E-state index contributed by atoms with van der Waals surface area (Å²) in [6, 6.07) is 0. The molecule has 3 fully saturated rings. The third-order valence-corrected chi connectivity index (χ3v) is 5.47. The fourth-order valence-electron chi connectivity index (χ4n) is 3.71. The maximum Gasteiger partial charge on any atom is 0.174 e. The fraction of sp³-hybridized carbons (Fsp3) is 1.00. The van der Waals surface area contributed by atoms with E-state index >= 15 is 0 Å². The summed E-state index contributed by atoms with van der Waals surface area (Å²) >= 11 is 0. The molecule has 1 saturated carbocycles. The molecule has 2 atom stereocenters. The topological polar surface area (TPSA) is 36.9 Å². The van der Waals surface area contributed by atoms with Gasteiger partial charge in [0, 0.05) is 18.8 Å². The summed E-state index contributed by atoms with van der Waals surface area (Å²) < 4.78 is 24.6. The molecular weight excluding hydrogens is 280 g/mol. The van der Waals surface area contributed by atoms with E-state index in [-0.39, 0.29) is 6.10 Å². The summed E-state index contributed by atoms with van der Waals surface area (Å²) in [4.78, 5) is 0. The van der Waals surface area contributed by atoms with Crippen LogP contribution in [0.1, 0.15) is 59.8 Å². The minimum Gasteiger partial charge on any atom is -0.349 e. The molecule has 22 heavy (non-hydrogen) atoms. The maximum atomic E-state index is 6.28. The number of hydrogen-bond acceptors (Lipinski definition) is 4. The average Bonchev–Trinajstić information content (AvgIpc) is 3.02. The van der Waals surface area contributed by atoms with Gasteiger partial charge in [0.05, 0.1) is 32.3 Å². The summed E-state index contributed by atoms with van der Waals surface area (Å²) in [5, 5.41) is 0. The van der Waals surface area contributed by atoms with Crippen molar-refractivity contribution in [1.29, 1.82) is 0 Å². The highest BCUT2D eigenvalue weighted by atomic mass is 16.8. The maximum absolute atomic E-state index is 6.28. The molecule has 2 spiro atoms. The number of rotatable bonds is 4. The Balaban J connectivity index is 1.52. The van der Waals surface area contributed by atoms with Crippen molar-refractivity contribution in [2.24, 2.45) is 17.8 Å². The van der Waals surface area contributed by atoms with E-state index in [0.717, 1.165) is 45.5 Å². The van der Waals surface area contributed by atoms with Crippen molar-refractivity contribution in [2.75, 3.05) is 19.8 Å². The van der Waals surface area contributed by atoms with Crippen molar-refractivity contribution >= 4 is 0 Å². The molecule has 1 aliphatic carbocycles. The van der Waals surface area contributed by atoms with Crippen molar-refractivity contribution < 1.29 is 18.9 Å². The summed E-state index contributed by atoms with van der Waals surface area (Å²) in [5.74, 6) is 0.913. The zero-order valence-corrected chi connectivity index (χ0v) is 14.6. The molecule has 0 aromatic carbocycles. The van der Waals surface area contributed by atoms with Gasteiger partial charge in [-0.05, 0) is 24.7 Å². The second kappa shape index (κ2) is 6.39. The standard InChI is InChI=1S/C18H32O4/c1-13(2)5-6-16-11-21-18(22-16)8-7-17(12-18)19-9-15(10-20-17)14(3)4/h13-16H,5-12H2,1-4H3. The number of hydrogen-bond donors (Lipinski definition) is 0. The third kappa shape index (κ3) is 3.50. The lowest BCUT2D eigenvalue weighted by atomic mass is 9.96. The van der Waals surface area contributed by atoms with Crippen LogP contribution in [0.15, 0.2) is 0 Å². The molecule has 2 heterocycles. The van der Waals surface area contributed by atoms with Crippen molar-refractivity contribution in [3.8, 4) is 0 Å². The van der Waals surface area contributed by atoms with Crippen LogP contribution in [0, 0.1) is 17.8 Å². The van der Waals surface area contributed by atoms with E-state index in [4.69, 9.17) is 18.9 Å². The van der Waals surface area contributed by atoms with Gasteiger partial charge in [0.25, 0.3) is 0 Å². The van der Waals surface area contributed by atoms with E-state index in [0.29, 0.717) is 17.8 Å². The minimum atomic E-state index is -0.460. The Kier molecular flexibility index (Phi) is 4.84. The molecule has 2 saturated heterocycles. The first-order valence-corrected chi connectivity index (χ1v) is 9.02. The highest BCUT2D eigenvalue weighted by Crippen LogP contribution is 2.49. The first-order chi connectivity index (χ1) is 10.4. The van der Waals surface area contributed by atoms with Crippen LogP contribution in [0.2, 0.25) is 0 Å². The van der Waals surface area contributed by atoms with Crippen LogP contribution < -0.4 is 0 Å². The van der Waals surface area contributed by atoms with Crippen molar-refractivity contribution in [2.45, 2.75) is 77.5 Å². The molecule has 0 aromatic heterocycles. The molecule has 0 aromatic rings. The largest absolute Gasteiger partial charge is 0.349 e. The average molecular weight is 312 g/mol. The zero-order chi connectivity index (χ0) is 15.8. The first kappa shape index (κ1) is 16.7. The Hall–Kier alpha value is -0.160. The lowest BCUT2D eigenvalue weighted by Crippen LogP contribution is -2.45. The molecule has 3 aliphatic rings. The summed E-state index contributed by atoms with van der Waals surface area (Å²) in [7, 11) is 0. The monoisotopic (exact) mass is 312 g/mol. The second-order valence-corrected chi connectivity index (χ2v) is 8.15. The van der Waals surface area contributed by atoms with Gasteiger partial charge in [-0.25, -0.2) is 0 Å². The van der Waals surface area contributed by atoms with Crippen molar-refractivity contribution in [3.05, 3.63) is 0 Å². The van der Waals surface area contributed by atoms with Gasteiger partial charge < -0.3 is 18.9 Å². The molecule has 0 radical (unpaired) electrons. The molecule has 4 nitrogen and oxygen atoms in total. The molecular formula is C18H32O4. The lowest BCUT2D eigenvalue weighted by Gasteiger charge is -2.39.